The van der Waals surface area contributed by atoms with E-state index in [1.165, 1.54) is 24.3 Å². The van der Waals surface area contributed by atoms with Crippen LogP contribution in [0.4, 0.5) is 10.1 Å². The molecule has 1 aromatic heterocycles. The summed E-state index contributed by atoms with van der Waals surface area (Å²) in [5.74, 6) is -0.959. The van der Waals surface area contributed by atoms with Crippen molar-refractivity contribution in [2.45, 2.75) is 20.3 Å². The van der Waals surface area contributed by atoms with Crippen LogP contribution in [0.5, 0.6) is 5.88 Å². The number of fused-ring (bicyclic) bond motifs is 1. The summed E-state index contributed by atoms with van der Waals surface area (Å²) in [5.41, 5.74) is 3.64. The van der Waals surface area contributed by atoms with Gasteiger partial charge in [0.25, 0.3) is 5.91 Å². The predicted molar refractivity (Wildman–Crippen MR) is 89.1 cm³/mol. The number of halogens is 1. The molecule has 5 nitrogen and oxygen atoms in total. The lowest BCUT2D eigenvalue weighted by molar-refractivity contribution is -0.117. The first-order valence-corrected chi connectivity index (χ1v) is 7.45. The molecular formula is C18H16FN3O2. The second-order valence-electron chi connectivity index (χ2n) is 5.72. The molecule has 0 unspecified atom stereocenters. The Morgan fingerprint density at radius 1 is 1.21 bits per heavy atom. The molecule has 2 aromatic carbocycles. The van der Waals surface area contributed by atoms with Gasteiger partial charge in [-0.2, -0.15) is 0 Å². The Labute approximate surface area is 137 Å². The molecule has 0 fully saturated rings. The van der Waals surface area contributed by atoms with Gasteiger partial charge < -0.3 is 10.1 Å². The molecule has 2 N–H and O–H groups in total. The molecule has 0 aliphatic rings. The molecule has 1 amide bonds. The number of amides is 1. The van der Waals surface area contributed by atoms with Crippen molar-refractivity contribution in [3.05, 3.63) is 58.9 Å². The third-order valence-corrected chi connectivity index (χ3v) is 3.73. The van der Waals surface area contributed by atoms with E-state index in [4.69, 9.17) is 0 Å². The summed E-state index contributed by atoms with van der Waals surface area (Å²) < 4.78 is 12.9. The summed E-state index contributed by atoms with van der Waals surface area (Å²) in [4.78, 5) is 14.8. The number of azo groups is 1. The number of aromatic amines is 1. The topological polar surface area (TPSA) is 77.8 Å². The summed E-state index contributed by atoms with van der Waals surface area (Å²) in [7, 11) is 0. The zero-order valence-corrected chi connectivity index (χ0v) is 13.3. The monoisotopic (exact) mass is 325 g/mol. The minimum absolute atomic E-state index is 0.0188. The average molecular weight is 325 g/mol. The molecule has 1 heterocycles. The molecule has 24 heavy (non-hydrogen) atoms. The van der Waals surface area contributed by atoms with Crippen molar-refractivity contribution in [3.63, 3.8) is 0 Å². The van der Waals surface area contributed by atoms with Crippen LogP contribution < -0.4 is 0 Å². The van der Waals surface area contributed by atoms with E-state index in [0.717, 1.165) is 16.6 Å². The van der Waals surface area contributed by atoms with E-state index in [-0.39, 0.29) is 23.8 Å². The standard InChI is InChI=1S/C18H16FN3O2/c1-10-7-11(2)16-14(8-10)17(18(24)20-16)22-21-15(23)9-12-3-5-13(19)6-4-12/h3-8,20,24H,9H2,1-2H3. The molecule has 3 aromatic rings. The quantitative estimate of drug-likeness (QED) is 0.696. The second kappa shape index (κ2) is 6.23. The number of nitrogens with one attached hydrogen (secondary N) is 1. The largest absolute Gasteiger partial charge is 0.493 e. The third-order valence-electron chi connectivity index (χ3n) is 3.73. The lowest BCUT2D eigenvalue weighted by atomic mass is 10.1. The van der Waals surface area contributed by atoms with Gasteiger partial charge >= 0.3 is 0 Å². The molecular weight excluding hydrogens is 309 g/mol. The van der Waals surface area contributed by atoms with E-state index in [2.05, 4.69) is 15.2 Å². The fraction of sp³-hybridized carbons (Fsp3) is 0.167. The number of hydrogen-bond acceptors (Lipinski definition) is 3. The number of aryl methyl sites for hydroxylation is 2. The SMILES string of the molecule is Cc1cc(C)c2[nH]c(O)c(N=NC(=O)Cc3ccc(F)cc3)c2c1. The van der Waals surface area contributed by atoms with Crippen LogP contribution in [-0.2, 0) is 11.2 Å². The zero-order valence-electron chi connectivity index (χ0n) is 13.3. The molecule has 122 valence electrons. The molecule has 0 aliphatic heterocycles. The third kappa shape index (κ3) is 3.17. The Balaban J connectivity index is 1.86. The Morgan fingerprint density at radius 3 is 2.62 bits per heavy atom. The number of carbonyl (C=O) groups is 1. The fourth-order valence-electron chi connectivity index (χ4n) is 2.64. The van der Waals surface area contributed by atoms with E-state index in [9.17, 15) is 14.3 Å². The van der Waals surface area contributed by atoms with E-state index in [0.29, 0.717) is 10.9 Å². The summed E-state index contributed by atoms with van der Waals surface area (Å²) in [6.07, 6.45) is 0.0188. The normalized spacial score (nSPS) is 11.5. The maximum absolute atomic E-state index is 12.9. The van der Waals surface area contributed by atoms with Crippen LogP contribution in [0.1, 0.15) is 16.7 Å². The van der Waals surface area contributed by atoms with E-state index < -0.39 is 5.91 Å². The van der Waals surface area contributed by atoms with E-state index >= 15 is 0 Å². The van der Waals surface area contributed by atoms with Gasteiger partial charge in [-0.3, -0.25) is 4.79 Å². The van der Waals surface area contributed by atoms with Crippen LogP contribution >= 0.6 is 0 Å². The Bertz CT molecular complexity index is 943. The summed E-state index contributed by atoms with van der Waals surface area (Å²) >= 11 is 0. The van der Waals surface area contributed by atoms with Crippen molar-refractivity contribution >= 4 is 22.5 Å². The van der Waals surface area contributed by atoms with Crippen LogP contribution in [-0.4, -0.2) is 16.0 Å². The van der Waals surface area contributed by atoms with Crippen LogP contribution in [0.15, 0.2) is 46.6 Å². The molecule has 0 saturated carbocycles. The lowest BCUT2D eigenvalue weighted by Crippen LogP contribution is -1.97. The number of benzene rings is 2. The smallest absolute Gasteiger partial charge is 0.269 e. The minimum Gasteiger partial charge on any atom is -0.493 e. The number of aromatic nitrogens is 1. The highest BCUT2D eigenvalue weighted by molar-refractivity contribution is 5.96. The Hall–Kier alpha value is -3.02. The maximum atomic E-state index is 12.9. The fourth-order valence-corrected chi connectivity index (χ4v) is 2.64. The molecule has 6 heteroatoms. The number of carbonyl (C=O) groups excluding carboxylic acids is 1. The summed E-state index contributed by atoms with van der Waals surface area (Å²) in [6, 6.07) is 9.49. The first-order valence-electron chi connectivity index (χ1n) is 7.45. The van der Waals surface area contributed by atoms with Crippen molar-refractivity contribution in [2.24, 2.45) is 10.2 Å². The molecule has 0 bridgehead atoms. The van der Waals surface area contributed by atoms with Gasteiger partial charge in [0, 0.05) is 5.39 Å². The van der Waals surface area contributed by atoms with E-state index in [1.807, 2.05) is 26.0 Å². The molecule has 0 spiro atoms. The predicted octanol–water partition coefficient (Wildman–Crippen LogP) is 4.48. The van der Waals surface area contributed by atoms with Crippen molar-refractivity contribution < 1.29 is 14.3 Å². The zero-order chi connectivity index (χ0) is 17.3. The Morgan fingerprint density at radius 2 is 1.92 bits per heavy atom. The van der Waals surface area contributed by atoms with Crippen molar-refractivity contribution in [1.29, 1.82) is 0 Å². The number of H-pyrrole nitrogens is 1. The second-order valence-corrected chi connectivity index (χ2v) is 5.72. The highest BCUT2D eigenvalue weighted by Crippen LogP contribution is 2.37. The van der Waals surface area contributed by atoms with Crippen molar-refractivity contribution in [1.82, 2.24) is 4.98 Å². The van der Waals surface area contributed by atoms with Crippen molar-refractivity contribution in [3.8, 4) is 5.88 Å². The lowest BCUT2D eigenvalue weighted by Gasteiger charge is -1.99. The number of nitrogens with zero attached hydrogens (tertiary/aromatic N) is 2. The number of aromatic hydroxyl groups is 1. The average Bonchev–Trinajstić information content (AvgIpc) is 2.84. The van der Waals surface area contributed by atoms with Gasteiger partial charge in [0.05, 0.1) is 11.9 Å². The van der Waals surface area contributed by atoms with Crippen LogP contribution in [0.25, 0.3) is 10.9 Å². The number of rotatable bonds is 3. The summed E-state index contributed by atoms with van der Waals surface area (Å²) in [6.45, 7) is 3.86. The first kappa shape index (κ1) is 15.9. The highest BCUT2D eigenvalue weighted by Gasteiger charge is 2.13. The van der Waals surface area contributed by atoms with E-state index in [1.54, 1.807) is 0 Å². The summed E-state index contributed by atoms with van der Waals surface area (Å²) in [5, 5.41) is 18.3. The van der Waals surface area contributed by atoms with Gasteiger partial charge in [-0.25, -0.2) is 4.39 Å². The maximum Gasteiger partial charge on any atom is 0.269 e. The first-order chi connectivity index (χ1) is 11.4. The molecule has 0 aliphatic carbocycles. The van der Waals surface area contributed by atoms with Gasteiger partial charge in [0.1, 0.15) is 5.82 Å². The van der Waals surface area contributed by atoms with Gasteiger partial charge in [-0.05, 0) is 43.2 Å². The van der Waals surface area contributed by atoms with Gasteiger partial charge in [0.2, 0.25) is 5.88 Å². The highest BCUT2D eigenvalue weighted by atomic mass is 19.1. The van der Waals surface area contributed by atoms with Crippen LogP contribution in [0, 0.1) is 19.7 Å². The molecule has 0 saturated heterocycles. The van der Waals surface area contributed by atoms with Gasteiger partial charge in [-0.15, -0.1) is 10.2 Å². The molecule has 3 rings (SSSR count). The van der Waals surface area contributed by atoms with Gasteiger partial charge in [-0.1, -0.05) is 23.8 Å². The van der Waals surface area contributed by atoms with Crippen LogP contribution in [0.2, 0.25) is 0 Å². The molecule has 0 atom stereocenters. The van der Waals surface area contributed by atoms with Gasteiger partial charge in [0.15, 0.2) is 5.69 Å². The van der Waals surface area contributed by atoms with Crippen molar-refractivity contribution in [2.75, 3.05) is 0 Å². The minimum atomic E-state index is -0.472. The Kier molecular flexibility index (Phi) is 4.12. The van der Waals surface area contributed by atoms with Crippen LogP contribution in [0.3, 0.4) is 0 Å². The molecule has 0 radical (unpaired) electrons. The number of hydrogen-bond donors (Lipinski definition) is 2.